The topological polar surface area (TPSA) is 8.17 Å². The van der Waals surface area contributed by atoms with Gasteiger partial charge in [-0.3, -0.25) is 0 Å². The van der Waals surface area contributed by atoms with E-state index in [0.29, 0.717) is 22.7 Å². The number of hydrogen-bond donors (Lipinski definition) is 0. The summed E-state index contributed by atoms with van der Waals surface area (Å²) in [7, 11) is 0. The first kappa shape index (κ1) is 59.5. The number of anilines is 3. The van der Waals surface area contributed by atoms with Gasteiger partial charge in [-0.25, -0.2) is 0 Å². The van der Waals surface area contributed by atoms with E-state index in [-0.39, 0.29) is 58.0 Å². The fraction of sp³-hybridized carbons (Fsp3) is 0.348. The minimum atomic E-state index is -0.239. The Kier molecular flexibility index (Phi) is 14.9. The van der Waals surface area contributed by atoms with Crippen molar-refractivity contribution in [2.24, 2.45) is 0 Å². The van der Waals surface area contributed by atoms with Crippen LogP contribution in [0.3, 0.4) is 0 Å². The largest absolute Gasteiger partial charge is 0.310 e. The third-order valence-electron chi connectivity index (χ3n) is 22.1. The molecule has 2 nitrogen and oxygen atoms in total. The Morgan fingerprint density at radius 3 is 1.42 bits per heavy atom. The summed E-state index contributed by atoms with van der Waals surface area (Å²) in [6.07, 6.45) is 12.4. The monoisotopic (exact) mass is 1280 g/mol. The maximum Gasteiger partial charge on any atom is 0.249 e. The summed E-state index contributed by atoms with van der Waals surface area (Å²) >= 11 is 1.84. The molecule has 1 aromatic heterocycles. The predicted molar refractivity (Wildman–Crippen MR) is 418 cm³/mol. The van der Waals surface area contributed by atoms with Crippen LogP contribution in [0.2, 0.25) is 0 Å². The van der Waals surface area contributed by atoms with E-state index in [4.69, 9.17) is 0 Å². The molecule has 2 aliphatic carbocycles. The molecule has 96 heavy (non-hydrogen) atoms. The minimum Gasteiger partial charge on any atom is -0.310 e. The number of aromatic nitrogens is 1. The Labute approximate surface area is 585 Å². The van der Waals surface area contributed by atoms with Crippen LogP contribution in [-0.2, 0) is 27.1 Å². The molecule has 0 N–H and O–H groups in total. The number of para-hydroxylation sites is 2. The van der Waals surface area contributed by atoms with E-state index in [0.717, 1.165) is 44.1 Å². The van der Waals surface area contributed by atoms with E-state index in [9.17, 15) is 5.48 Å². The normalized spacial score (nSPS) is 16.3. The highest BCUT2D eigenvalue weighted by molar-refractivity contribution is 8.00. The van der Waals surface area contributed by atoms with Gasteiger partial charge in [-0.1, -0.05) is 311 Å². The predicted octanol–water partition coefficient (Wildman–Crippen LogP) is 24.8. The number of hydrogen-bond acceptors (Lipinski definition) is 2. The first-order valence-electron chi connectivity index (χ1n) is 38.0. The van der Waals surface area contributed by atoms with Crippen molar-refractivity contribution in [1.82, 2.24) is 4.57 Å². The molecule has 10 aromatic carbocycles. The van der Waals surface area contributed by atoms with Crippen LogP contribution in [0.1, 0.15) is 224 Å². The lowest BCUT2D eigenvalue weighted by atomic mass is 9.34. The van der Waals surface area contributed by atoms with Crippen molar-refractivity contribution < 1.29 is 5.48 Å². The standard InChI is InChI=1S/C92H99BN2S/c1-88(2,3)68-41-43-81-77(55-68)76-35-22-23-38-80(76)94(81)73-56-83-86-85(57-73)96-84-44-40-63(67-49-71(91(10,11)12)54-72(50-67)92(13,14)15)52-79(84)93(86)78-51-62(66-47-69(89(4,5)6)53-70(48-66)90(7,8)9)39-42-82(78)95(83)87-74(64-33-24-31-60(45-64)58-27-18-16-19-28-58)36-26-37-75(87)65-34-25-32-61(46-65)59-29-20-17-21-30-59/h22-26,31-59H,16-21,27-30H2,1-15H3/i22D,23D,35D,38D. The van der Waals surface area contributed by atoms with Crippen molar-refractivity contribution in [2.75, 3.05) is 4.90 Å². The smallest absolute Gasteiger partial charge is 0.249 e. The van der Waals surface area contributed by atoms with Crippen molar-refractivity contribution in [3.8, 4) is 50.2 Å². The molecule has 0 amide bonds. The quantitative estimate of drug-likeness (QED) is 0.140. The number of benzene rings is 10. The van der Waals surface area contributed by atoms with Crippen molar-refractivity contribution in [2.45, 2.75) is 217 Å². The third kappa shape index (κ3) is 11.8. The molecule has 4 aliphatic rings. The number of nitrogens with zero attached hydrogens (tertiary/aromatic N) is 2. The molecule has 0 bridgehead atoms. The molecule has 0 saturated heterocycles. The zero-order valence-electron chi connectivity index (χ0n) is 63.8. The van der Waals surface area contributed by atoms with Gasteiger partial charge in [0.05, 0.1) is 22.2 Å². The SMILES string of the molecule is [2H]c1c([2H])c([2H])c2c(c1[2H])c1cc(C(C)(C)C)ccc1n2-c1cc2c3c(c1)N(c1c(-c4cccc(C5CCCCC5)c4)cccc1-c1cccc(C4CCCCC4)c1)c1ccc(-c4cc(C(C)(C)C)cc(C(C)(C)C)c4)cc1B3c1cc(-c3cc(C(C)(C)C)cc(C(C)(C)C)c3)ccc1S2. The van der Waals surface area contributed by atoms with Crippen molar-refractivity contribution in [3.63, 3.8) is 0 Å². The molecule has 0 radical (unpaired) electrons. The van der Waals surface area contributed by atoms with Gasteiger partial charge in [0.2, 0.25) is 6.71 Å². The second-order valence-electron chi connectivity index (χ2n) is 34.0. The van der Waals surface area contributed by atoms with E-state index in [2.05, 4.69) is 283 Å². The summed E-state index contributed by atoms with van der Waals surface area (Å²) in [5.74, 6) is 1.01. The molecule has 3 heterocycles. The Balaban J connectivity index is 1.09. The zero-order valence-corrected chi connectivity index (χ0v) is 60.6. The average Bonchev–Trinajstić information content (AvgIpc) is 1.28. The Morgan fingerprint density at radius 1 is 0.385 bits per heavy atom. The van der Waals surface area contributed by atoms with Gasteiger partial charge in [0.15, 0.2) is 0 Å². The Hall–Kier alpha value is -7.79. The van der Waals surface area contributed by atoms with Crippen molar-refractivity contribution in [1.29, 1.82) is 0 Å². The second-order valence-corrected chi connectivity index (χ2v) is 35.1. The number of rotatable bonds is 8. The highest BCUT2D eigenvalue weighted by Crippen LogP contribution is 2.52. The minimum absolute atomic E-state index is 0.0227. The highest BCUT2D eigenvalue weighted by atomic mass is 32.2. The van der Waals surface area contributed by atoms with E-state index < -0.39 is 0 Å². The molecule has 0 unspecified atom stereocenters. The van der Waals surface area contributed by atoms with Gasteiger partial charge in [0.25, 0.3) is 0 Å². The summed E-state index contributed by atoms with van der Waals surface area (Å²) in [4.78, 5) is 4.97. The van der Waals surface area contributed by atoms with E-state index in [1.807, 2.05) is 11.8 Å². The maximum absolute atomic E-state index is 10.00. The van der Waals surface area contributed by atoms with Gasteiger partial charge in [-0.2, -0.15) is 0 Å². The zero-order chi connectivity index (χ0) is 70.4. The fourth-order valence-corrected chi connectivity index (χ4v) is 17.5. The molecule has 4 heteroatoms. The van der Waals surface area contributed by atoms with Crippen LogP contribution in [-0.4, -0.2) is 11.3 Å². The van der Waals surface area contributed by atoms with Crippen LogP contribution >= 0.6 is 11.8 Å². The summed E-state index contributed by atoms with van der Waals surface area (Å²) < 4.78 is 40.5. The molecule has 11 aromatic rings. The molecule has 0 atom stereocenters. The lowest BCUT2D eigenvalue weighted by molar-refractivity contribution is 0.443. The van der Waals surface area contributed by atoms with E-state index in [1.54, 1.807) is 0 Å². The average molecular weight is 1280 g/mol. The fourth-order valence-electron chi connectivity index (χ4n) is 16.3. The third-order valence-corrected chi connectivity index (χ3v) is 23.2. The molecule has 2 fully saturated rings. The molecule has 0 spiro atoms. The van der Waals surface area contributed by atoms with Gasteiger partial charge in [-0.05, 0) is 190 Å². The van der Waals surface area contributed by atoms with E-state index >= 15 is 0 Å². The molecule has 2 aliphatic heterocycles. The Morgan fingerprint density at radius 2 is 0.885 bits per heavy atom. The highest BCUT2D eigenvalue weighted by Gasteiger charge is 2.44. The molecule has 15 rings (SSSR count). The summed E-state index contributed by atoms with van der Waals surface area (Å²) in [6.45, 7) is 34.5. The summed E-state index contributed by atoms with van der Waals surface area (Å²) in [5.41, 5.74) is 27.4. The van der Waals surface area contributed by atoms with Gasteiger partial charge < -0.3 is 9.47 Å². The van der Waals surface area contributed by atoms with Crippen LogP contribution < -0.4 is 21.3 Å². The first-order chi connectivity index (χ1) is 47.4. The van der Waals surface area contributed by atoms with Crippen molar-refractivity contribution in [3.05, 3.63) is 233 Å². The van der Waals surface area contributed by atoms with Crippen LogP contribution in [0, 0.1) is 0 Å². The second kappa shape index (κ2) is 24.0. The van der Waals surface area contributed by atoms with Gasteiger partial charge >= 0.3 is 0 Å². The van der Waals surface area contributed by atoms with Crippen LogP contribution in [0.4, 0.5) is 17.1 Å². The molecular formula is C92H99BN2S. The van der Waals surface area contributed by atoms with Crippen LogP contribution in [0.25, 0.3) is 72.0 Å². The van der Waals surface area contributed by atoms with E-state index in [1.165, 1.54) is 163 Å². The van der Waals surface area contributed by atoms with Gasteiger partial charge in [0, 0.05) is 48.8 Å². The lowest BCUT2D eigenvalue weighted by Gasteiger charge is -2.42. The Bertz CT molecular complexity index is 4960. The molecular weight excluding hydrogens is 1180 g/mol. The van der Waals surface area contributed by atoms with Crippen molar-refractivity contribution >= 4 is 73.7 Å². The van der Waals surface area contributed by atoms with Gasteiger partial charge in [0.1, 0.15) is 0 Å². The summed E-state index contributed by atoms with van der Waals surface area (Å²) in [6, 6.07) is 66.4. The molecule has 2 saturated carbocycles. The van der Waals surface area contributed by atoms with Crippen LogP contribution in [0.15, 0.2) is 204 Å². The first-order valence-corrected chi connectivity index (χ1v) is 36.9. The maximum atomic E-state index is 10.00. The van der Waals surface area contributed by atoms with Crippen LogP contribution in [0.5, 0.6) is 0 Å². The molecule has 486 valence electrons. The lowest BCUT2D eigenvalue weighted by Crippen LogP contribution is -2.60. The van der Waals surface area contributed by atoms with Gasteiger partial charge in [-0.15, -0.1) is 0 Å². The number of fused-ring (bicyclic) bond motifs is 7. The summed E-state index contributed by atoms with van der Waals surface area (Å²) in [5, 5.41) is 1.35.